The molecule has 0 spiro atoms. The lowest BCUT2D eigenvalue weighted by molar-refractivity contribution is -0.138. The molecule has 2 amide bonds. The van der Waals surface area contributed by atoms with E-state index in [2.05, 4.69) is 10.6 Å². The Hall–Kier alpha value is -3.23. The fourth-order valence-electron chi connectivity index (χ4n) is 4.36. The lowest BCUT2D eigenvalue weighted by Gasteiger charge is -2.29. The number of ether oxygens (including phenoxy) is 2. The van der Waals surface area contributed by atoms with Gasteiger partial charge in [0.15, 0.2) is 11.5 Å². The number of alkyl halides is 3. The smallest absolute Gasteiger partial charge is 0.416 e. The van der Waals surface area contributed by atoms with Gasteiger partial charge in [0.25, 0.3) is 0 Å². The third kappa shape index (κ3) is 6.42. The van der Waals surface area contributed by atoms with Crippen LogP contribution < -0.4 is 20.1 Å². The number of halogens is 3. The van der Waals surface area contributed by atoms with Gasteiger partial charge in [-0.1, -0.05) is 24.3 Å². The van der Waals surface area contributed by atoms with Crippen molar-refractivity contribution in [3.8, 4) is 11.5 Å². The molecule has 2 N–H and O–H groups in total. The van der Waals surface area contributed by atoms with Gasteiger partial charge in [-0.15, -0.1) is 0 Å². The molecule has 2 aromatic rings. The van der Waals surface area contributed by atoms with Crippen molar-refractivity contribution < 1.29 is 32.2 Å². The van der Waals surface area contributed by atoms with Gasteiger partial charge in [-0.3, -0.25) is 9.59 Å². The Labute approximate surface area is 196 Å². The Kier molecular flexibility index (Phi) is 8.06. The van der Waals surface area contributed by atoms with E-state index in [1.165, 1.54) is 12.1 Å². The standard InChI is InChI=1S/C25H29F3N2O4/c1-33-20-8-7-17(15-21(20)34-2)16-24(13-10-23(32)30-24)12-9-22(31)29-14-11-18-5-3-4-6-19(18)25(26,27)28/h3-8,15H,9-14,16H2,1-2H3,(H,29,31)(H,30,32)/t24-/m0/s1. The number of amides is 2. The Bertz CT molecular complexity index is 1030. The second kappa shape index (κ2) is 10.8. The summed E-state index contributed by atoms with van der Waals surface area (Å²) >= 11 is 0. The minimum Gasteiger partial charge on any atom is -0.493 e. The summed E-state index contributed by atoms with van der Waals surface area (Å²) in [6.07, 6.45) is -2.31. The predicted molar refractivity (Wildman–Crippen MR) is 121 cm³/mol. The number of hydrogen-bond acceptors (Lipinski definition) is 4. The summed E-state index contributed by atoms with van der Waals surface area (Å²) in [5.74, 6) is 0.848. The topological polar surface area (TPSA) is 76.7 Å². The van der Waals surface area contributed by atoms with Crippen molar-refractivity contribution in [2.45, 2.75) is 50.2 Å². The van der Waals surface area contributed by atoms with Crippen molar-refractivity contribution >= 4 is 11.8 Å². The Balaban J connectivity index is 1.58. The molecule has 0 aromatic heterocycles. The maximum Gasteiger partial charge on any atom is 0.416 e. The minimum atomic E-state index is -4.43. The summed E-state index contributed by atoms with van der Waals surface area (Å²) in [7, 11) is 3.10. The summed E-state index contributed by atoms with van der Waals surface area (Å²) in [5, 5.41) is 5.73. The first-order chi connectivity index (χ1) is 16.2. The predicted octanol–water partition coefficient (Wildman–Crippen LogP) is 4.05. The third-order valence-corrected chi connectivity index (χ3v) is 6.10. The van der Waals surface area contributed by atoms with Crippen molar-refractivity contribution in [1.82, 2.24) is 10.6 Å². The molecule has 34 heavy (non-hydrogen) atoms. The molecule has 1 heterocycles. The number of rotatable bonds is 10. The van der Waals surface area contributed by atoms with Gasteiger partial charge in [-0.05, 0) is 55.0 Å². The quantitative estimate of drug-likeness (QED) is 0.540. The first-order valence-electron chi connectivity index (χ1n) is 11.1. The van der Waals surface area contributed by atoms with Crippen molar-refractivity contribution in [2.24, 2.45) is 0 Å². The molecule has 184 valence electrons. The van der Waals surface area contributed by atoms with Gasteiger partial charge in [-0.2, -0.15) is 13.2 Å². The van der Waals surface area contributed by atoms with E-state index in [1.807, 2.05) is 12.1 Å². The summed E-state index contributed by atoms with van der Waals surface area (Å²) < 4.78 is 50.0. The molecular formula is C25H29F3N2O4. The van der Waals surface area contributed by atoms with Crippen LogP contribution >= 0.6 is 0 Å². The van der Waals surface area contributed by atoms with Crippen molar-refractivity contribution in [3.05, 3.63) is 59.2 Å². The number of nitrogens with one attached hydrogen (secondary N) is 2. The molecular weight excluding hydrogens is 449 g/mol. The van der Waals surface area contributed by atoms with E-state index in [0.717, 1.165) is 11.6 Å². The highest BCUT2D eigenvalue weighted by atomic mass is 19.4. The molecule has 0 aliphatic carbocycles. The molecule has 0 saturated carbocycles. The van der Waals surface area contributed by atoms with Crippen molar-refractivity contribution in [1.29, 1.82) is 0 Å². The summed E-state index contributed by atoms with van der Waals surface area (Å²) in [4.78, 5) is 24.5. The average molecular weight is 479 g/mol. The maximum absolute atomic E-state index is 13.1. The molecule has 0 unspecified atom stereocenters. The summed E-state index contributed by atoms with van der Waals surface area (Å²) in [6.45, 7) is 0.0982. The SMILES string of the molecule is COc1ccc(C[C@]2(CCC(=O)NCCc3ccccc3C(F)(F)F)CCC(=O)N2)cc1OC. The molecule has 1 aliphatic rings. The van der Waals surface area contributed by atoms with Crippen LogP contribution in [0.1, 0.15) is 42.4 Å². The van der Waals surface area contributed by atoms with Crippen LogP contribution in [0.25, 0.3) is 0 Å². The van der Waals surface area contributed by atoms with Crippen LogP contribution in [0.3, 0.4) is 0 Å². The molecule has 6 nitrogen and oxygen atoms in total. The average Bonchev–Trinajstić information content (AvgIpc) is 3.17. The zero-order valence-corrected chi connectivity index (χ0v) is 19.3. The first-order valence-corrected chi connectivity index (χ1v) is 11.1. The molecule has 1 fully saturated rings. The van der Waals surface area contributed by atoms with E-state index < -0.39 is 17.3 Å². The van der Waals surface area contributed by atoms with Gasteiger partial charge in [0, 0.05) is 24.9 Å². The monoisotopic (exact) mass is 478 g/mol. The molecule has 1 saturated heterocycles. The van der Waals surface area contributed by atoms with E-state index in [1.54, 1.807) is 26.4 Å². The van der Waals surface area contributed by atoms with Crippen molar-refractivity contribution in [2.75, 3.05) is 20.8 Å². The number of benzene rings is 2. The second-order valence-electron chi connectivity index (χ2n) is 8.45. The zero-order valence-electron chi connectivity index (χ0n) is 19.3. The molecule has 3 rings (SSSR count). The van der Waals surface area contributed by atoms with Gasteiger partial charge in [0.1, 0.15) is 0 Å². The highest BCUT2D eigenvalue weighted by Crippen LogP contribution is 2.34. The Morgan fingerprint density at radius 3 is 2.50 bits per heavy atom. The second-order valence-corrected chi connectivity index (χ2v) is 8.45. The molecule has 9 heteroatoms. The highest BCUT2D eigenvalue weighted by Gasteiger charge is 2.38. The Morgan fingerprint density at radius 1 is 1.12 bits per heavy atom. The van der Waals surface area contributed by atoms with Crippen LogP contribution in [0.2, 0.25) is 0 Å². The van der Waals surface area contributed by atoms with Crippen LogP contribution in [0.4, 0.5) is 13.2 Å². The van der Waals surface area contributed by atoms with Gasteiger partial charge in [-0.25, -0.2) is 0 Å². The number of methoxy groups -OCH3 is 2. The maximum atomic E-state index is 13.1. The highest BCUT2D eigenvalue weighted by molar-refractivity contribution is 5.80. The van der Waals surface area contributed by atoms with E-state index in [9.17, 15) is 22.8 Å². The largest absolute Gasteiger partial charge is 0.493 e. The van der Waals surface area contributed by atoms with E-state index in [4.69, 9.17) is 9.47 Å². The van der Waals surface area contributed by atoms with Crippen molar-refractivity contribution in [3.63, 3.8) is 0 Å². The molecule has 1 aliphatic heterocycles. The van der Waals surface area contributed by atoms with E-state index >= 15 is 0 Å². The third-order valence-electron chi connectivity index (χ3n) is 6.10. The van der Waals surface area contributed by atoms with E-state index in [0.29, 0.717) is 37.2 Å². The van der Waals surface area contributed by atoms with E-state index in [-0.39, 0.29) is 36.8 Å². The molecule has 0 bridgehead atoms. The number of carbonyl (C=O) groups excluding carboxylic acids is 2. The number of hydrogen-bond donors (Lipinski definition) is 2. The fourth-order valence-corrected chi connectivity index (χ4v) is 4.36. The molecule has 1 atom stereocenters. The zero-order chi connectivity index (χ0) is 24.8. The summed E-state index contributed by atoms with van der Waals surface area (Å²) in [6, 6.07) is 10.9. The van der Waals surface area contributed by atoms with Crippen LogP contribution in [0, 0.1) is 0 Å². The van der Waals surface area contributed by atoms with Gasteiger partial charge >= 0.3 is 6.18 Å². The number of carbonyl (C=O) groups is 2. The molecule has 2 aromatic carbocycles. The van der Waals surface area contributed by atoms with Gasteiger partial charge < -0.3 is 20.1 Å². The van der Waals surface area contributed by atoms with Crippen LogP contribution in [0.15, 0.2) is 42.5 Å². The first kappa shape index (κ1) is 25.4. The molecule has 0 radical (unpaired) electrons. The van der Waals surface area contributed by atoms with Gasteiger partial charge in [0.05, 0.1) is 19.8 Å². The van der Waals surface area contributed by atoms with Gasteiger partial charge in [0.2, 0.25) is 11.8 Å². The lowest BCUT2D eigenvalue weighted by atomic mass is 9.85. The lowest BCUT2D eigenvalue weighted by Crippen LogP contribution is -2.44. The fraction of sp³-hybridized carbons (Fsp3) is 0.440. The van der Waals surface area contributed by atoms with Crippen LogP contribution in [-0.2, 0) is 28.6 Å². The van der Waals surface area contributed by atoms with Crippen LogP contribution in [-0.4, -0.2) is 38.1 Å². The Morgan fingerprint density at radius 2 is 1.85 bits per heavy atom. The van der Waals surface area contributed by atoms with Crippen LogP contribution in [0.5, 0.6) is 11.5 Å². The minimum absolute atomic E-state index is 0.0651. The summed E-state index contributed by atoms with van der Waals surface area (Å²) in [5.41, 5.74) is -0.184. The normalized spacial score (nSPS) is 17.9.